The van der Waals surface area contributed by atoms with E-state index in [1.807, 2.05) is 40.0 Å². The first-order valence-electron chi connectivity index (χ1n) is 8.21. The molecular formula is C18H28N2O3. The number of phenols is 1. The van der Waals surface area contributed by atoms with Crippen LogP contribution in [0.5, 0.6) is 5.75 Å². The van der Waals surface area contributed by atoms with Crippen LogP contribution in [0.4, 0.5) is 4.79 Å². The smallest absolute Gasteiger partial charge is 0.410 e. The maximum absolute atomic E-state index is 12.2. The highest BCUT2D eigenvalue weighted by atomic mass is 16.6. The molecule has 5 nitrogen and oxygen atoms in total. The van der Waals surface area contributed by atoms with Gasteiger partial charge in [0.25, 0.3) is 0 Å². The van der Waals surface area contributed by atoms with Gasteiger partial charge < -0.3 is 20.1 Å². The van der Waals surface area contributed by atoms with E-state index < -0.39 is 5.60 Å². The molecule has 2 unspecified atom stereocenters. The number of nitrogens with zero attached hydrogens (tertiary/aromatic N) is 1. The molecule has 1 heterocycles. The molecule has 1 aromatic carbocycles. The Kier molecular flexibility index (Phi) is 5.52. The third-order valence-corrected chi connectivity index (χ3v) is 4.19. The van der Waals surface area contributed by atoms with E-state index in [1.54, 1.807) is 17.0 Å². The fourth-order valence-electron chi connectivity index (χ4n) is 3.11. The van der Waals surface area contributed by atoms with Gasteiger partial charge in [0.05, 0.1) is 0 Å². The minimum atomic E-state index is -0.462. The fraction of sp³-hybridized carbons (Fsp3) is 0.611. The van der Waals surface area contributed by atoms with Crippen LogP contribution in [0.15, 0.2) is 24.3 Å². The van der Waals surface area contributed by atoms with E-state index in [0.29, 0.717) is 18.4 Å². The van der Waals surface area contributed by atoms with Crippen LogP contribution in [0.25, 0.3) is 0 Å². The minimum Gasteiger partial charge on any atom is -0.508 e. The highest BCUT2D eigenvalue weighted by molar-refractivity contribution is 5.68. The van der Waals surface area contributed by atoms with Crippen LogP contribution in [0.3, 0.4) is 0 Å². The van der Waals surface area contributed by atoms with Gasteiger partial charge in [-0.15, -0.1) is 0 Å². The summed E-state index contributed by atoms with van der Waals surface area (Å²) in [4.78, 5) is 14.0. The molecular weight excluding hydrogens is 292 g/mol. The zero-order chi connectivity index (χ0) is 17.0. The Labute approximate surface area is 138 Å². The van der Waals surface area contributed by atoms with Crippen molar-refractivity contribution in [3.63, 3.8) is 0 Å². The number of carbonyl (C=O) groups is 1. The Morgan fingerprint density at radius 3 is 2.61 bits per heavy atom. The van der Waals surface area contributed by atoms with Crippen LogP contribution >= 0.6 is 0 Å². The fourth-order valence-corrected chi connectivity index (χ4v) is 3.11. The number of hydrogen-bond acceptors (Lipinski definition) is 4. The van der Waals surface area contributed by atoms with Gasteiger partial charge in [0.15, 0.2) is 0 Å². The molecule has 1 aromatic rings. The molecule has 2 atom stereocenters. The molecule has 1 saturated heterocycles. The standard InChI is InChI=1S/C18H28N2O3/c1-18(2,3)23-17(22)20-10-9-14(12-20)16(11-19-4)13-5-7-15(21)8-6-13/h5-8,14,16,19,21H,9-12H2,1-4H3. The summed E-state index contributed by atoms with van der Waals surface area (Å²) in [7, 11) is 1.94. The molecule has 1 amide bonds. The lowest BCUT2D eigenvalue weighted by molar-refractivity contribution is 0.0286. The van der Waals surface area contributed by atoms with Crippen LogP contribution in [-0.4, -0.2) is 48.4 Å². The van der Waals surface area contributed by atoms with Gasteiger partial charge in [0, 0.05) is 25.6 Å². The monoisotopic (exact) mass is 320 g/mol. The first-order chi connectivity index (χ1) is 10.8. The topological polar surface area (TPSA) is 61.8 Å². The average Bonchev–Trinajstić information content (AvgIpc) is 2.94. The molecule has 0 aliphatic carbocycles. The first kappa shape index (κ1) is 17.6. The van der Waals surface area contributed by atoms with Crippen molar-refractivity contribution in [3.05, 3.63) is 29.8 Å². The molecule has 1 fully saturated rings. The van der Waals surface area contributed by atoms with E-state index in [2.05, 4.69) is 5.32 Å². The number of benzene rings is 1. The summed E-state index contributed by atoms with van der Waals surface area (Å²) in [5.74, 6) is 0.978. The van der Waals surface area contributed by atoms with Gasteiger partial charge in [0.2, 0.25) is 0 Å². The number of hydrogen-bond donors (Lipinski definition) is 2. The quantitative estimate of drug-likeness (QED) is 0.895. The lowest BCUT2D eigenvalue weighted by Gasteiger charge is -2.26. The Balaban J connectivity index is 2.04. The molecule has 0 aromatic heterocycles. The molecule has 0 spiro atoms. The largest absolute Gasteiger partial charge is 0.508 e. The molecule has 5 heteroatoms. The van der Waals surface area contributed by atoms with Crippen LogP contribution in [0, 0.1) is 5.92 Å². The van der Waals surface area contributed by atoms with Crippen LogP contribution in [-0.2, 0) is 4.74 Å². The van der Waals surface area contributed by atoms with Crippen molar-refractivity contribution in [1.82, 2.24) is 10.2 Å². The molecule has 2 N–H and O–H groups in total. The second-order valence-corrected chi connectivity index (χ2v) is 7.23. The number of amides is 1. The zero-order valence-electron chi connectivity index (χ0n) is 14.5. The summed E-state index contributed by atoms with van der Waals surface area (Å²) in [6, 6.07) is 7.37. The third kappa shape index (κ3) is 4.86. The number of phenolic OH excluding ortho intramolecular Hbond substituents is 1. The number of carbonyl (C=O) groups excluding carboxylic acids is 1. The van der Waals surface area contributed by atoms with Crippen molar-refractivity contribution >= 4 is 6.09 Å². The van der Waals surface area contributed by atoms with Gasteiger partial charge in [0.1, 0.15) is 11.4 Å². The Morgan fingerprint density at radius 1 is 1.39 bits per heavy atom. The SMILES string of the molecule is CNCC(c1ccc(O)cc1)C1CCN(C(=O)OC(C)(C)C)C1. The van der Waals surface area contributed by atoms with Gasteiger partial charge in [-0.05, 0) is 57.9 Å². The van der Waals surface area contributed by atoms with Gasteiger partial charge >= 0.3 is 6.09 Å². The van der Waals surface area contributed by atoms with Crippen molar-refractivity contribution in [2.24, 2.45) is 5.92 Å². The molecule has 2 rings (SSSR count). The number of likely N-dealkylation sites (N-methyl/N-ethyl adjacent to an activating group) is 1. The summed E-state index contributed by atoms with van der Waals surface area (Å²) in [6.07, 6.45) is 0.737. The lowest BCUT2D eigenvalue weighted by atomic mass is 9.85. The van der Waals surface area contributed by atoms with Gasteiger partial charge in [-0.25, -0.2) is 4.79 Å². The van der Waals surface area contributed by atoms with Gasteiger partial charge in [-0.1, -0.05) is 12.1 Å². The second kappa shape index (κ2) is 7.21. The normalized spacial score (nSPS) is 19.7. The van der Waals surface area contributed by atoms with Crippen LogP contribution in [0.1, 0.15) is 38.7 Å². The maximum atomic E-state index is 12.2. The van der Waals surface area contributed by atoms with E-state index in [0.717, 1.165) is 19.5 Å². The molecule has 0 bridgehead atoms. The minimum absolute atomic E-state index is 0.228. The number of aromatic hydroxyl groups is 1. The third-order valence-electron chi connectivity index (χ3n) is 4.19. The van der Waals surface area contributed by atoms with Gasteiger partial charge in [-0.2, -0.15) is 0 Å². The maximum Gasteiger partial charge on any atom is 0.410 e. The van der Waals surface area contributed by atoms with Crippen molar-refractivity contribution in [2.75, 3.05) is 26.7 Å². The summed E-state index contributed by atoms with van der Waals surface area (Å²) < 4.78 is 5.47. The average molecular weight is 320 g/mol. The Hall–Kier alpha value is -1.75. The van der Waals surface area contributed by atoms with Crippen molar-refractivity contribution in [3.8, 4) is 5.75 Å². The first-order valence-corrected chi connectivity index (χ1v) is 8.21. The number of likely N-dealkylation sites (tertiary alicyclic amines) is 1. The van der Waals surface area contributed by atoms with Crippen molar-refractivity contribution in [2.45, 2.75) is 38.7 Å². The second-order valence-electron chi connectivity index (χ2n) is 7.23. The molecule has 128 valence electrons. The van der Waals surface area contributed by atoms with E-state index in [1.165, 1.54) is 5.56 Å². The van der Waals surface area contributed by atoms with Crippen molar-refractivity contribution < 1.29 is 14.6 Å². The molecule has 0 saturated carbocycles. The highest BCUT2D eigenvalue weighted by Crippen LogP contribution is 2.33. The molecule has 1 aliphatic rings. The predicted octanol–water partition coefficient (Wildman–Crippen LogP) is 2.95. The van der Waals surface area contributed by atoms with Crippen LogP contribution < -0.4 is 5.32 Å². The van der Waals surface area contributed by atoms with E-state index in [9.17, 15) is 9.90 Å². The van der Waals surface area contributed by atoms with E-state index in [-0.39, 0.29) is 11.8 Å². The zero-order valence-corrected chi connectivity index (χ0v) is 14.5. The summed E-state index contributed by atoms with van der Waals surface area (Å²) in [5.41, 5.74) is 0.726. The van der Waals surface area contributed by atoms with Crippen molar-refractivity contribution in [1.29, 1.82) is 0 Å². The highest BCUT2D eigenvalue weighted by Gasteiger charge is 2.34. The lowest BCUT2D eigenvalue weighted by Crippen LogP contribution is -2.36. The summed E-state index contributed by atoms with van der Waals surface area (Å²) in [5, 5.41) is 12.7. The van der Waals surface area contributed by atoms with Crippen LogP contribution in [0.2, 0.25) is 0 Å². The molecule has 0 radical (unpaired) electrons. The number of nitrogens with one attached hydrogen (secondary N) is 1. The Morgan fingerprint density at radius 2 is 2.04 bits per heavy atom. The number of ether oxygens (including phenoxy) is 1. The van der Waals surface area contributed by atoms with E-state index in [4.69, 9.17) is 4.74 Å². The van der Waals surface area contributed by atoms with Gasteiger partial charge in [-0.3, -0.25) is 0 Å². The number of rotatable bonds is 4. The Bertz CT molecular complexity index is 522. The summed E-state index contributed by atoms with van der Waals surface area (Å²) >= 11 is 0. The molecule has 23 heavy (non-hydrogen) atoms. The van der Waals surface area contributed by atoms with E-state index >= 15 is 0 Å². The molecule has 1 aliphatic heterocycles. The predicted molar refractivity (Wildman–Crippen MR) is 90.7 cm³/mol. The summed E-state index contributed by atoms with van der Waals surface area (Å²) in [6.45, 7) is 7.95.